The van der Waals surface area contributed by atoms with Gasteiger partial charge in [0.25, 0.3) is 0 Å². The van der Waals surface area contributed by atoms with Crippen LogP contribution in [-0.4, -0.2) is 12.6 Å². The predicted octanol–water partition coefficient (Wildman–Crippen LogP) is 2.77. The van der Waals surface area contributed by atoms with Gasteiger partial charge in [0.2, 0.25) is 0 Å². The molecule has 0 aromatic rings. The molecule has 0 spiro atoms. The smallest absolute Gasteiger partial charge is 0.309 e. The molecule has 14 heavy (non-hydrogen) atoms. The number of ether oxygens (including phenoxy) is 1. The summed E-state index contributed by atoms with van der Waals surface area (Å²) in [4.78, 5) is 11.5. The van der Waals surface area contributed by atoms with Crippen LogP contribution >= 0.6 is 0 Å². The quantitative estimate of drug-likeness (QED) is 0.462. The molecular weight excluding hydrogens is 176 g/mol. The van der Waals surface area contributed by atoms with Gasteiger partial charge in [-0.3, -0.25) is 4.79 Å². The van der Waals surface area contributed by atoms with E-state index in [1.54, 1.807) is 0 Å². The number of esters is 1. The summed E-state index contributed by atoms with van der Waals surface area (Å²) in [5, 5.41) is 0. The third-order valence-electron chi connectivity index (χ3n) is 2.17. The Hall–Kier alpha value is -0.970. The Morgan fingerprint density at radius 2 is 2.07 bits per heavy atom. The second kappa shape index (κ2) is 8.62. The van der Waals surface area contributed by atoms with Crippen molar-refractivity contribution in [3.05, 3.63) is 0 Å². The van der Waals surface area contributed by atoms with E-state index < -0.39 is 0 Å². The van der Waals surface area contributed by atoms with Gasteiger partial charge < -0.3 is 4.74 Å². The molecule has 0 fully saturated rings. The van der Waals surface area contributed by atoms with Crippen LogP contribution in [0, 0.1) is 18.3 Å². The zero-order valence-corrected chi connectivity index (χ0v) is 9.21. The van der Waals surface area contributed by atoms with Gasteiger partial charge in [-0.1, -0.05) is 39.0 Å². The molecule has 0 saturated carbocycles. The summed E-state index contributed by atoms with van der Waals surface area (Å²) in [6.45, 7) is 4.30. The van der Waals surface area contributed by atoms with Gasteiger partial charge in [0, 0.05) is 0 Å². The Balaban J connectivity index is 3.91. The third-order valence-corrected chi connectivity index (χ3v) is 2.17. The molecule has 0 aliphatic carbocycles. The molecule has 0 heterocycles. The first-order chi connectivity index (χ1) is 6.76. The van der Waals surface area contributed by atoms with Gasteiger partial charge in [0.05, 0.1) is 5.92 Å². The van der Waals surface area contributed by atoms with Crippen LogP contribution in [0.5, 0.6) is 0 Å². The Bertz CT molecular complexity index is 191. The Morgan fingerprint density at radius 3 is 2.57 bits per heavy atom. The lowest BCUT2D eigenvalue weighted by Crippen LogP contribution is -2.17. The molecule has 0 aromatic heterocycles. The number of unbranched alkanes of at least 4 members (excludes halogenated alkanes) is 1. The molecule has 0 N–H and O–H groups in total. The molecule has 0 aliphatic heterocycles. The standard InChI is InChI=1S/C12H20O2/c1-4-7-9-11(8-5-2)12(13)14-10-6-3/h3,11H,4-5,7-10H2,1-2H3. The fourth-order valence-electron chi connectivity index (χ4n) is 1.41. The number of hydrogen-bond donors (Lipinski definition) is 0. The maximum Gasteiger partial charge on any atom is 0.309 e. The van der Waals surface area contributed by atoms with Crippen LogP contribution < -0.4 is 0 Å². The zero-order valence-electron chi connectivity index (χ0n) is 9.21. The maximum absolute atomic E-state index is 11.5. The molecule has 0 aliphatic rings. The van der Waals surface area contributed by atoms with Gasteiger partial charge in [-0.15, -0.1) is 6.42 Å². The SMILES string of the molecule is C#CCOC(=O)C(CCC)CCCC. The molecule has 0 bridgehead atoms. The van der Waals surface area contributed by atoms with Crippen molar-refractivity contribution in [1.29, 1.82) is 0 Å². The van der Waals surface area contributed by atoms with Crippen molar-refractivity contribution in [3.63, 3.8) is 0 Å². The molecule has 0 radical (unpaired) electrons. The van der Waals surface area contributed by atoms with Crippen molar-refractivity contribution < 1.29 is 9.53 Å². The van der Waals surface area contributed by atoms with Crippen LogP contribution in [0.3, 0.4) is 0 Å². The second-order valence-corrected chi connectivity index (χ2v) is 3.44. The summed E-state index contributed by atoms with van der Waals surface area (Å²) >= 11 is 0. The average Bonchev–Trinajstić information content (AvgIpc) is 2.20. The van der Waals surface area contributed by atoms with Crippen LogP contribution in [-0.2, 0) is 9.53 Å². The fraction of sp³-hybridized carbons (Fsp3) is 0.750. The molecule has 2 nitrogen and oxygen atoms in total. The van der Waals surface area contributed by atoms with E-state index in [4.69, 9.17) is 11.2 Å². The highest BCUT2D eigenvalue weighted by Crippen LogP contribution is 2.16. The van der Waals surface area contributed by atoms with Gasteiger partial charge in [-0.25, -0.2) is 0 Å². The molecule has 1 atom stereocenters. The van der Waals surface area contributed by atoms with Crippen molar-refractivity contribution in [1.82, 2.24) is 0 Å². The van der Waals surface area contributed by atoms with E-state index in [2.05, 4.69) is 19.8 Å². The number of carbonyl (C=O) groups excluding carboxylic acids is 1. The number of rotatable bonds is 7. The minimum atomic E-state index is -0.127. The average molecular weight is 196 g/mol. The molecule has 0 amide bonds. The molecule has 2 heteroatoms. The highest BCUT2D eigenvalue weighted by molar-refractivity contribution is 5.72. The molecular formula is C12H20O2. The summed E-state index contributed by atoms with van der Waals surface area (Å²) in [6, 6.07) is 0. The molecule has 0 aromatic carbocycles. The minimum Gasteiger partial charge on any atom is -0.452 e. The first-order valence-corrected chi connectivity index (χ1v) is 5.36. The molecule has 0 saturated heterocycles. The summed E-state index contributed by atoms with van der Waals surface area (Å²) in [5.74, 6) is 2.23. The third kappa shape index (κ3) is 5.64. The van der Waals surface area contributed by atoms with Crippen LogP contribution in [0.4, 0.5) is 0 Å². The van der Waals surface area contributed by atoms with Crippen LogP contribution in [0.2, 0.25) is 0 Å². The largest absolute Gasteiger partial charge is 0.452 e. The molecule has 1 unspecified atom stereocenters. The molecule has 0 rings (SSSR count). The lowest BCUT2D eigenvalue weighted by molar-refractivity contribution is -0.147. The summed E-state index contributed by atoms with van der Waals surface area (Å²) in [5.41, 5.74) is 0. The highest BCUT2D eigenvalue weighted by atomic mass is 16.5. The normalized spacial score (nSPS) is 11.8. The van der Waals surface area contributed by atoms with E-state index in [0.29, 0.717) is 0 Å². The van der Waals surface area contributed by atoms with Gasteiger partial charge >= 0.3 is 5.97 Å². The van der Waals surface area contributed by atoms with Crippen molar-refractivity contribution in [2.24, 2.45) is 5.92 Å². The van der Waals surface area contributed by atoms with Gasteiger partial charge in [-0.05, 0) is 12.8 Å². The van der Waals surface area contributed by atoms with Crippen molar-refractivity contribution >= 4 is 5.97 Å². The number of hydrogen-bond acceptors (Lipinski definition) is 2. The molecule has 80 valence electrons. The van der Waals surface area contributed by atoms with Crippen LogP contribution in [0.15, 0.2) is 0 Å². The first kappa shape index (κ1) is 13.0. The van der Waals surface area contributed by atoms with E-state index in [1.165, 1.54) is 0 Å². The van der Waals surface area contributed by atoms with Crippen LogP contribution in [0.1, 0.15) is 46.0 Å². The fourth-order valence-corrected chi connectivity index (χ4v) is 1.41. The maximum atomic E-state index is 11.5. The van der Waals surface area contributed by atoms with E-state index >= 15 is 0 Å². The highest BCUT2D eigenvalue weighted by Gasteiger charge is 2.17. The monoisotopic (exact) mass is 196 g/mol. The van der Waals surface area contributed by atoms with E-state index in [0.717, 1.165) is 32.1 Å². The lowest BCUT2D eigenvalue weighted by atomic mass is 9.97. The summed E-state index contributed by atoms with van der Waals surface area (Å²) < 4.78 is 4.93. The summed E-state index contributed by atoms with van der Waals surface area (Å²) in [7, 11) is 0. The topological polar surface area (TPSA) is 26.3 Å². The van der Waals surface area contributed by atoms with Crippen molar-refractivity contribution in [3.8, 4) is 12.3 Å². The van der Waals surface area contributed by atoms with Gasteiger partial charge in [0.1, 0.15) is 0 Å². The zero-order chi connectivity index (χ0) is 10.8. The second-order valence-electron chi connectivity index (χ2n) is 3.44. The van der Waals surface area contributed by atoms with Gasteiger partial charge in [-0.2, -0.15) is 0 Å². The van der Waals surface area contributed by atoms with Crippen LogP contribution in [0.25, 0.3) is 0 Å². The Labute approximate surface area is 87.0 Å². The lowest BCUT2D eigenvalue weighted by Gasteiger charge is -2.13. The van der Waals surface area contributed by atoms with E-state index in [9.17, 15) is 4.79 Å². The van der Waals surface area contributed by atoms with Crippen molar-refractivity contribution in [2.45, 2.75) is 46.0 Å². The van der Waals surface area contributed by atoms with E-state index in [-0.39, 0.29) is 18.5 Å². The van der Waals surface area contributed by atoms with Gasteiger partial charge in [0.15, 0.2) is 6.61 Å². The Morgan fingerprint density at radius 1 is 1.36 bits per heavy atom. The number of carbonyl (C=O) groups is 1. The number of terminal acetylenes is 1. The van der Waals surface area contributed by atoms with E-state index in [1.807, 2.05) is 0 Å². The first-order valence-electron chi connectivity index (χ1n) is 5.36. The predicted molar refractivity (Wildman–Crippen MR) is 57.7 cm³/mol. The minimum absolute atomic E-state index is 0.0494. The summed E-state index contributed by atoms with van der Waals surface area (Å²) in [6.07, 6.45) is 10.1. The van der Waals surface area contributed by atoms with Crippen molar-refractivity contribution in [2.75, 3.05) is 6.61 Å². The Kier molecular flexibility index (Phi) is 8.02.